The van der Waals surface area contributed by atoms with Crippen LogP contribution in [0.2, 0.25) is 10.0 Å². The molecule has 0 fully saturated rings. The maximum atomic E-state index is 13.1. The molecule has 27 heavy (non-hydrogen) atoms. The van der Waals surface area contributed by atoms with E-state index in [0.29, 0.717) is 39.7 Å². The third-order valence-electron chi connectivity index (χ3n) is 5.14. The summed E-state index contributed by atoms with van der Waals surface area (Å²) in [5.41, 5.74) is 2.53. The van der Waals surface area contributed by atoms with Gasteiger partial charge >= 0.3 is 5.97 Å². The van der Waals surface area contributed by atoms with E-state index < -0.39 is 11.8 Å². The first kappa shape index (κ1) is 20.1. The second-order valence-corrected chi connectivity index (χ2v) is 8.77. The van der Waals surface area contributed by atoms with Gasteiger partial charge in [0.05, 0.1) is 6.61 Å². The van der Waals surface area contributed by atoms with Crippen LogP contribution >= 0.6 is 23.2 Å². The Hall–Kier alpha value is -1.65. The Bertz CT molecular complexity index is 870. The Morgan fingerprint density at radius 3 is 2.63 bits per heavy atom. The van der Waals surface area contributed by atoms with Crippen molar-refractivity contribution in [2.45, 2.75) is 46.5 Å². The molecular formula is C21H23Cl2NO3. The number of hydrogen-bond acceptors (Lipinski definition) is 4. The van der Waals surface area contributed by atoms with Gasteiger partial charge in [0, 0.05) is 39.4 Å². The van der Waals surface area contributed by atoms with Crippen molar-refractivity contribution in [3.8, 4) is 0 Å². The molecule has 6 heteroatoms. The standard InChI is InChI=1S/C21H23Cl2NO3/c1-5-27-20(26)17-11(2)24-15-9-21(3,4)10-16(25)19(15)18(17)13-7-6-12(22)8-14(13)23/h6-8,17-18H,5,9-10H2,1-4H3/t17?,18-/m1/s1. The van der Waals surface area contributed by atoms with Crippen molar-refractivity contribution in [3.05, 3.63) is 45.1 Å². The number of carbonyl (C=O) groups is 2. The van der Waals surface area contributed by atoms with Crippen LogP contribution in [0, 0.1) is 11.3 Å². The molecule has 1 aliphatic heterocycles. The third-order valence-corrected chi connectivity index (χ3v) is 5.70. The van der Waals surface area contributed by atoms with Crippen LogP contribution in [0.1, 0.15) is 52.0 Å². The monoisotopic (exact) mass is 407 g/mol. The number of hydrogen-bond donors (Lipinski definition) is 0. The smallest absolute Gasteiger partial charge is 0.315 e. The van der Waals surface area contributed by atoms with Crippen molar-refractivity contribution in [1.29, 1.82) is 0 Å². The van der Waals surface area contributed by atoms with E-state index in [-0.39, 0.29) is 23.8 Å². The van der Waals surface area contributed by atoms with E-state index in [2.05, 4.69) is 18.8 Å². The van der Waals surface area contributed by atoms with E-state index in [1.54, 1.807) is 25.1 Å². The lowest BCUT2D eigenvalue weighted by Crippen LogP contribution is -2.39. The van der Waals surface area contributed by atoms with Crippen molar-refractivity contribution in [3.63, 3.8) is 0 Å². The first-order chi connectivity index (χ1) is 12.6. The lowest BCUT2D eigenvalue weighted by Gasteiger charge is -2.39. The molecule has 0 radical (unpaired) electrons. The fourth-order valence-electron chi connectivity index (χ4n) is 4.07. The summed E-state index contributed by atoms with van der Waals surface area (Å²) < 4.78 is 5.30. The van der Waals surface area contributed by atoms with Crippen LogP contribution in [0.3, 0.4) is 0 Å². The van der Waals surface area contributed by atoms with Crippen molar-refractivity contribution >= 4 is 40.7 Å². The number of benzene rings is 1. The number of carbonyl (C=O) groups excluding carboxylic acids is 2. The fourth-order valence-corrected chi connectivity index (χ4v) is 4.60. The number of rotatable bonds is 3. The molecule has 0 bridgehead atoms. The molecule has 3 rings (SSSR count). The largest absolute Gasteiger partial charge is 0.465 e. The summed E-state index contributed by atoms with van der Waals surface area (Å²) in [6.07, 6.45) is 1.10. The van der Waals surface area contributed by atoms with Crippen molar-refractivity contribution in [2.24, 2.45) is 16.3 Å². The minimum absolute atomic E-state index is 0.0165. The van der Waals surface area contributed by atoms with Crippen LogP contribution < -0.4 is 0 Å². The predicted molar refractivity (Wildman–Crippen MR) is 107 cm³/mol. The van der Waals surface area contributed by atoms with Crippen molar-refractivity contribution < 1.29 is 14.3 Å². The van der Waals surface area contributed by atoms with E-state index in [1.807, 2.05) is 6.92 Å². The van der Waals surface area contributed by atoms with Crippen molar-refractivity contribution in [2.75, 3.05) is 6.61 Å². The number of Topliss-reactive ketones (excluding diaryl/α,β-unsaturated/α-hetero) is 1. The molecule has 1 heterocycles. The summed E-state index contributed by atoms with van der Waals surface area (Å²) in [7, 11) is 0. The zero-order valence-electron chi connectivity index (χ0n) is 15.9. The number of halogens is 2. The van der Waals surface area contributed by atoms with Gasteiger partial charge in [0.25, 0.3) is 0 Å². The molecule has 0 aromatic heterocycles. The predicted octanol–water partition coefficient (Wildman–Crippen LogP) is 5.37. The van der Waals surface area contributed by atoms with Gasteiger partial charge < -0.3 is 4.74 Å². The Morgan fingerprint density at radius 1 is 1.30 bits per heavy atom. The van der Waals surface area contributed by atoms with Gasteiger partial charge in [0.2, 0.25) is 0 Å². The average Bonchev–Trinajstić information content (AvgIpc) is 2.52. The molecule has 1 aliphatic carbocycles. The number of ether oxygens (including phenoxy) is 1. The van der Waals surface area contributed by atoms with E-state index in [9.17, 15) is 9.59 Å². The van der Waals surface area contributed by atoms with Crippen LogP contribution in [0.15, 0.2) is 34.5 Å². The van der Waals surface area contributed by atoms with Crippen LogP contribution in [0.25, 0.3) is 0 Å². The topological polar surface area (TPSA) is 55.7 Å². The molecule has 0 amide bonds. The van der Waals surface area contributed by atoms with Gasteiger partial charge in [-0.05, 0) is 43.4 Å². The van der Waals surface area contributed by atoms with Gasteiger partial charge in [-0.25, -0.2) is 0 Å². The summed E-state index contributed by atoms with van der Waals surface area (Å²) in [6.45, 7) is 7.95. The van der Waals surface area contributed by atoms with Gasteiger partial charge in [-0.2, -0.15) is 0 Å². The van der Waals surface area contributed by atoms with Crippen LogP contribution in [0.4, 0.5) is 0 Å². The number of aliphatic imine (C=N–C) groups is 1. The number of ketones is 1. The minimum atomic E-state index is -0.674. The van der Waals surface area contributed by atoms with E-state index in [4.69, 9.17) is 27.9 Å². The SMILES string of the molecule is CCOC(=O)C1C(C)=NC2=C(C(=O)CC(C)(C)C2)[C@@H]1c1ccc(Cl)cc1Cl. The van der Waals surface area contributed by atoms with Gasteiger partial charge in [-0.3, -0.25) is 14.6 Å². The van der Waals surface area contributed by atoms with Gasteiger partial charge in [0.15, 0.2) is 5.78 Å². The van der Waals surface area contributed by atoms with E-state index in [0.717, 1.165) is 5.70 Å². The Labute approximate surface area is 169 Å². The molecular weight excluding hydrogens is 385 g/mol. The van der Waals surface area contributed by atoms with E-state index in [1.165, 1.54) is 0 Å². The normalized spacial score (nSPS) is 24.4. The highest BCUT2D eigenvalue weighted by molar-refractivity contribution is 6.35. The quantitative estimate of drug-likeness (QED) is 0.632. The summed E-state index contributed by atoms with van der Waals surface area (Å²) in [6, 6.07) is 5.15. The zero-order chi connectivity index (χ0) is 19.9. The molecule has 1 aromatic carbocycles. The molecule has 144 valence electrons. The Balaban J connectivity index is 2.21. The van der Waals surface area contributed by atoms with E-state index >= 15 is 0 Å². The Morgan fingerprint density at radius 2 is 2.00 bits per heavy atom. The summed E-state index contributed by atoms with van der Waals surface area (Å²) in [4.78, 5) is 30.5. The molecule has 2 atom stereocenters. The number of esters is 1. The first-order valence-corrected chi connectivity index (χ1v) is 9.83. The molecule has 1 unspecified atom stereocenters. The summed E-state index contributed by atoms with van der Waals surface area (Å²) >= 11 is 12.5. The highest BCUT2D eigenvalue weighted by atomic mass is 35.5. The second-order valence-electron chi connectivity index (χ2n) is 7.93. The van der Waals surface area contributed by atoms with Crippen LogP contribution in [-0.4, -0.2) is 24.1 Å². The van der Waals surface area contributed by atoms with Gasteiger partial charge in [-0.15, -0.1) is 0 Å². The zero-order valence-corrected chi connectivity index (χ0v) is 17.4. The number of nitrogens with zero attached hydrogens (tertiary/aromatic N) is 1. The maximum Gasteiger partial charge on any atom is 0.315 e. The fraction of sp³-hybridized carbons (Fsp3) is 0.476. The van der Waals surface area contributed by atoms with Crippen LogP contribution in [0.5, 0.6) is 0 Å². The summed E-state index contributed by atoms with van der Waals surface area (Å²) in [5, 5.41) is 0.934. The third kappa shape index (κ3) is 3.83. The molecule has 0 saturated heterocycles. The molecule has 0 saturated carbocycles. The molecule has 4 nitrogen and oxygen atoms in total. The summed E-state index contributed by atoms with van der Waals surface area (Å²) in [5.74, 6) is -1.56. The highest BCUT2D eigenvalue weighted by Gasteiger charge is 2.46. The van der Waals surface area contributed by atoms with Gasteiger partial charge in [0.1, 0.15) is 5.92 Å². The number of allylic oxidation sites excluding steroid dienone is 2. The maximum absolute atomic E-state index is 13.1. The Kier molecular flexibility index (Phi) is 5.51. The molecule has 0 spiro atoms. The lowest BCUT2D eigenvalue weighted by atomic mass is 9.67. The highest BCUT2D eigenvalue weighted by Crippen LogP contribution is 2.49. The minimum Gasteiger partial charge on any atom is -0.465 e. The molecule has 0 N–H and O–H groups in total. The molecule has 1 aromatic rings. The first-order valence-electron chi connectivity index (χ1n) is 9.07. The van der Waals surface area contributed by atoms with Gasteiger partial charge in [-0.1, -0.05) is 43.1 Å². The van der Waals surface area contributed by atoms with Crippen LogP contribution in [-0.2, 0) is 14.3 Å². The molecule has 2 aliphatic rings. The van der Waals surface area contributed by atoms with Crippen molar-refractivity contribution in [1.82, 2.24) is 0 Å². The average molecular weight is 408 g/mol. The lowest BCUT2D eigenvalue weighted by molar-refractivity contribution is -0.146. The second kappa shape index (κ2) is 7.40.